The molecule has 1 heterocycles. The van der Waals surface area contributed by atoms with Crippen LogP contribution in [0.2, 0.25) is 5.02 Å². The van der Waals surface area contributed by atoms with Crippen LogP contribution >= 0.6 is 11.6 Å². The van der Waals surface area contributed by atoms with Crippen LogP contribution in [0.3, 0.4) is 0 Å². The zero-order valence-corrected chi connectivity index (χ0v) is 17.0. The van der Waals surface area contributed by atoms with Crippen molar-refractivity contribution in [3.05, 3.63) is 64.2 Å². The summed E-state index contributed by atoms with van der Waals surface area (Å²) in [5, 5.41) is 8.93. The van der Waals surface area contributed by atoms with Crippen molar-refractivity contribution in [2.24, 2.45) is 0 Å². The highest BCUT2D eigenvalue weighted by Gasteiger charge is 2.23. The molecule has 7 nitrogen and oxygen atoms in total. The maximum atomic E-state index is 12.6. The number of carbonyl (C=O) groups excluding carboxylic acids is 1. The van der Waals surface area contributed by atoms with Crippen molar-refractivity contribution in [2.45, 2.75) is 30.4 Å². The average Bonchev–Trinajstić information content (AvgIpc) is 3.25. The molecule has 1 N–H and O–H groups in total. The molecule has 0 saturated carbocycles. The summed E-state index contributed by atoms with van der Waals surface area (Å²) in [6, 6.07) is 12.6. The Kier molecular flexibility index (Phi) is 6.87. The number of hydrogen-bond acceptors (Lipinski definition) is 6. The Morgan fingerprint density at radius 1 is 1.31 bits per heavy atom. The summed E-state index contributed by atoms with van der Waals surface area (Å²) < 4.78 is 38.3. The third-order valence-electron chi connectivity index (χ3n) is 4.41. The molecule has 1 atom stereocenters. The number of nitrogens with one attached hydrogen (secondary N) is 1. The van der Waals surface area contributed by atoms with E-state index >= 15 is 0 Å². The first-order valence-electron chi connectivity index (χ1n) is 8.96. The van der Waals surface area contributed by atoms with Gasteiger partial charge in [-0.25, -0.2) is 17.9 Å². The van der Waals surface area contributed by atoms with Crippen molar-refractivity contribution < 1.29 is 22.7 Å². The molecule has 2 aromatic rings. The molecule has 0 amide bonds. The van der Waals surface area contributed by atoms with Gasteiger partial charge in [0, 0.05) is 13.2 Å². The predicted molar refractivity (Wildman–Crippen MR) is 106 cm³/mol. The van der Waals surface area contributed by atoms with Gasteiger partial charge in [0.15, 0.2) is 0 Å². The van der Waals surface area contributed by atoms with E-state index in [9.17, 15) is 13.2 Å². The Morgan fingerprint density at radius 2 is 2.14 bits per heavy atom. The lowest BCUT2D eigenvalue weighted by molar-refractivity contribution is 0.0472. The minimum absolute atomic E-state index is 0.00288. The first kappa shape index (κ1) is 21.3. The second kappa shape index (κ2) is 9.37. The molecule has 1 fully saturated rings. The minimum atomic E-state index is -3.92. The fraction of sp³-hybridized carbons (Fsp3) is 0.300. The van der Waals surface area contributed by atoms with E-state index in [1.165, 1.54) is 18.2 Å². The van der Waals surface area contributed by atoms with E-state index in [2.05, 4.69) is 4.72 Å². The lowest BCUT2D eigenvalue weighted by Gasteiger charge is -2.13. The smallest absolute Gasteiger partial charge is 0.338 e. The largest absolute Gasteiger partial charge is 0.457 e. The number of ether oxygens (including phenoxy) is 2. The van der Waals surface area contributed by atoms with E-state index in [1.807, 2.05) is 6.07 Å². The summed E-state index contributed by atoms with van der Waals surface area (Å²) in [5.41, 5.74) is 1.16. The van der Waals surface area contributed by atoms with Gasteiger partial charge in [0.1, 0.15) is 11.5 Å². The van der Waals surface area contributed by atoms with E-state index in [0.29, 0.717) is 17.7 Å². The molecule has 1 aliphatic rings. The van der Waals surface area contributed by atoms with Gasteiger partial charge < -0.3 is 9.47 Å². The van der Waals surface area contributed by atoms with E-state index in [4.69, 9.17) is 26.3 Å². The monoisotopic (exact) mass is 434 g/mol. The van der Waals surface area contributed by atoms with Gasteiger partial charge in [-0.3, -0.25) is 0 Å². The molecule has 0 aromatic heterocycles. The van der Waals surface area contributed by atoms with Gasteiger partial charge in [-0.2, -0.15) is 5.26 Å². The van der Waals surface area contributed by atoms with Gasteiger partial charge in [-0.05, 0) is 48.7 Å². The molecule has 9 heteroatoms. The van der Waals surface area contributed by atoms with Crippen molar-refractivity contribution >= 4 is 27.6 Å². The minimum Gasteiger partial charge on any atom is -0.457 e. The molecule has 2 aromatic carbocycles. The number of nitrogens with zero attached hydrogens (tertiary/aromatic N) is 1. The number of benzene rings is 2. The van der Waals surface area contributed by atoms with Crippen LogP contribution in [0.15, 0.2) is 47.4 Å². The van der Waals surface area contributed by atoms with Gasteiger partial charge in [0.05, 0.1) is 28.3 Å². The number of sulfonamides is 1. The van der Waals surface area contributed by atoms with Crippen LogP contribution < -0.4 is 4.72 Å². The molecule has 1 unspecified atom stereocenters. The van der Waals surface area contributed by atoms with Crippen LogP contribution in [-0.4, -0.2) is 33.6 Å². The number of carbonyl (C=O) groups is 1. The zero-order valence-electron chi connectivity index (χ0n) is 15.4. The molecular formula is C20H19ClN2O5S. The number of hydrogen-bond donors (Lipinski definition) is 1. The van der Waals surface area contributed by atoms with E-state index < -0.39 is 16.0 Å². The summed E-state index contributed by atoms with van der Waals surface area (Å²) in [6.45, 7) is 0.713. The van der Waals surface area contributed by atoms with Crippen LogP contribution in [0.5, 0.6) is 0 Å². The first-order chi connectivity index (χ1) is 13.9. The summed E-state index contributed by atoms with van der Waals surface area (Å²) >= 11 is 6.05. The third-order valence-corrected chi connectivity index (χ3v) is 6.31. The Balaban J connectivity index is 1.70. The van der Waals surface area contributed by atoms with Crippen molar-refractivity contribution in [1.29, 1.82) is 5.26 Å². The van der Waals surface area contributed by atoms with E-state index in [-0.39, 0.29) is 34.7 Å². The van der Waals surface area contributed by atoms with Gasteiger partial charge >= 0.3 is 5.97 Å². The number of nitriles is 1. The van der Waals surface area contributed by atoms with Crippen molar-refractivity contribution in [1.82, 2.24) is 4.72 Å². The molecule has 0 spiro atoms. The standard InChI is InChI=1S/C20H19ClN2O5S/c21-18-7-6-16(20(24)28-13-15-4-1-3-14(9-15)11-22)10-19(18)29(25,26)23-12-17-5-2-8-27-17/h1,3-4,6-7,9-10,17,23H,2,5,8,12-13H2. The topological polar surface area (TPSA) is 105 Å². The fourth-order valence-corrected chi connectivity index (χ4v) is 4.47. The number of rotatable bonds is 7. The number of halogens is 1. The maximum Gasteiger partial charge on any atom is 0.338 e. The second-order valence-electron chi connectivity index (χ2n) is 6.52. The number of esters is 1. The molecule has 1 saturated heterocycles. The Morgan fingerprint density at radius 3 is 2.86 bits per heavy atom. The second-order valence-corrected chi connectivity index (χ2v) is 8.66. The normalized spacial score (nSPS) is 16.3. The molecule has 0 aliphatic carbocycles. The highest BCUT2D eigenvalue weighted by Crippen LogP contribution is 2.24. The van der Waals surface area contributed by atoms with E-state index in [0.717, 1.165) is 12.8 Å². The predicted octanol–water partition coefficient (Wildman–Crippen LogP) is 3.03. The summed E-state index contributed by atoms with van der Waals surface area (Å²) in [7, 11) is -3.92. The van der Waals surface area contributed by atoms with Crippen LogP contribution in [0.25, 0.3) is 0 Å². The lowest BCUT2D eigenvalue weighted by atomic mass is 10.1. The van der Waals surface area contributed by atoms with Crippen molar-refractivity contribution in [2.75, 3.05) is 13.2 Å². The zero-order chi connectivity index (χ0) is 20.9. The first-order valence-corrected chi connectivity index (χ1v) is 10.8. The maximum absolute atomic E-state index is 12.6. The summed E-state index contributed by atoms with van der Waals surface area (Å²) in [6.07, 6.45) is 1.52. The molecule has 1 aliphatic heterocycles. The fourth-order valence-electron chi connectivity index (χ4n) is 2.88. The van der Waals surface area contributed by atoms with Crippen LogP contribution in [0.4, 0.5) is 0 Å². The summed E-state index contributed by atoms with van der Waals surface area (Å²) in [4.78, 5) is 12.2. The van der Waals surface area contributed by atoms with Crippen LogP contribution in [0.1, 0.15) is 34.3 Å². The quantitative estimate of drug-likeness (QED) is 0.671. The third kappa shape index (κ3) is 5.55. The Labute approximate surface area is 174 Å². The Hall–Kier alpha value is -2.44. The summed E-state index contributed by atoms with van der Waals surface area (Å²) in [5.74, 6) is -0.695. The Bertz CT molecular complexity index is 1040. The van der Waals surface area contributed by atoms with Gasteiger partial charge in [-0.1, -0.05) is 23.7 Å². The molecular weight excluding hydrogens is 416 g/mol. The highest BCUT2D eigenvalue weighted by atomic mass is 35.5. The van der Waals surface area contributed by atoms with Gasteiger partial charge in [0.2, 0.25) is 10.0 Å². The van der Waals surface area contributed by atoms with Gasteiger partial charge in [0.25, 0.3) is 0 Å². The lowest BCUT2D eigenvalue weighted by Crippen LogP contribution is -2.32. The SMILES string of the molecule is N#Cc1cccc(COC(=O)c2ccc(Cl)c(S(=O)(=O)NCC3CCCO3)c2)c1. The molecule has 29 heavy (non-hydrogen) atoms. The van der Waals surface area contributed by atoms with Crippen molar-refractivity contribution in [3.63, 3.8) is 0 Å². The van der Waals surface area contributed by atoms with Crippen LogP contribution in [-0.2, 0) is 26.1 Å². The van der Waals surface area contributed by atoms with Crippen LogP contribution in [0, 0.1) is 11.3 Å². The molecule has 0 radical (unpaired) electrons. The van der Waals surface area contributed by atoms with Gasteiger partial charge in [-0.15, -0.1) is 0 Å². The molecule has 152 valence electrons. The molecule has 3 rings (SSSR count). The molecule has 0 bridgehead atoms. The van der Waals surface area contributed by atoms with E-state index in [1.54, 1.807) is 24.3 Å². The average molecular weight is 435 g/mol. The highest BCUT2D eigenvalue weighted by molar-refractivity contribution is 7.89. The van der Waals surface area contributed by atoms with Crippen molar-refractivity contribution in [3.8, 4) is 6.07 Å².